The Morgan fingerprint density at radius 3 is 2.86 bits per heavy atom. The molecule has 0 radical (unpaired) electrons. The summed E-state index contributed by atoms with van der Waals surface area (Å²) in [5.74, 6) is -0.597. The van der Waals surface area contributed by atoms with Crippen molar-refractivity contribution in [3.63, 3.8) is 0 Å². The van der Waals surface area contributed by atoms with Gasteiger partial charge in [0.25, 0.3) is 5.91 Å². The van der Waals surface area contributed by atoms with Crippen molar-refractivity contribution in [2.45, 2.75) is 6.04 Å². The normalized spacial score (nSPS) is 18.6. The highest BCUT2D eigenvalue weighted by molar-refractivity contribution is 6.31. The van der Waals surface area contributed by atoms with E-state index in [9.17, 15) is 14.4 Å². The van der Waals surface area contributed by atoms with E-state index in [2.05, 4.69) is 17.2 Å². The van der Waals surface area contributed by atoms with Crippen LogP contribution in [0.25, 0.3) is 0 Å². The third kappa shape index (κ3) is 4.28. The smallest absolute Gasteiger partial charge is 0.322 e. The average Bonchev–Trinajstić information content (AvgIpc) is 3.01. The first kappa shape index (κ1) is 20.9. The number of benzene rings is 1. The molecular formula is C20H23ClN4O4. The molecule has 4 amide bonds. The van der Waals surface area contributed by atoms with E-state index < -0.39 is 6.04 Å². The number of carbonyl (C=O) groups excluding carboxylic acids is 3. The molecule has 1 aromatic rings. The zero-order valence-electron chi connectivity index (χ0n) is 16.1. The summed E-state index contributed by atoms with van der Waals surface area (Å²) in [4.78, 5) is 41.0. The van der Waals surface area contributed by atoms with Gasteiger partial charge in [-0.3, -0.25) is 14.5 Å². The highest BCUT2D eigenvalue weighted by Crippen LogP contribution is 2.38. The lowest BCUT2D eigenvalue weighted by molar-refractivity contribution is -0.132. The minimum absolute atomic E-state index is 0.110. The fraction of sp³-hybridized carbons (Fsp3) is 0.350. The molecule has 2 aliphatic heterocycles. The van der Waals surface area contributed by atoms with Crippen molar-refractivity contribution in [2.75, 3.05) is 39.9 Å². The summed E-state index contributed by atoms with van der Waals surface area (Å²) in [6, 6.07) is 6.04. The molecule has 1 aromatic carbocycles. The quantitative estimate of drug-likeness (QED) is 0.494. The Bertz CT molecular complexity index is 870. The van der Waals surface area contributed by atoms with E-state index in [-0.39, 0.29) is 37.5 Å². The molecular weight excluding hydrogens is 396 g/mol. The fourth-order valence-electron chi connectivity index (χ4n) is 3.46. The van der Waals surface area contributed by atoms with Crippen LogP contribution in [0.3, 0.4) is 0 Å². The molecule has 1 unspecified atom stereocenters. The van der Waals surface area contributed by atoms with Crippen molar-refractivity contribution in [1.29, 1.82) is 0 Å². The van der Waals surface area contributed by atoms with Gasteiger partial charge in [0.2, 0.25) is 5.91 Å². The van der Waals surface area contributed by atoms with E-state index in [0.717, 1.165) is 0 Å². The van der Waals surface area contributed by atoms with Gasteiger partial charge in [0.15, 0.2) is 0 Å². The van der Waals surface area contributed by atoms with Gasteiger partial charge < -0.3 is 20.3 Å². The van der Waals surface area contributed by atoms with Crippen LogP contribution < -0.4 is 10.6 Å². The number of amides is 4. The molecule has 0 saturated heterocycles. The first-order chi connectivity index (χ1) is 14.0. The van der Waals surface area contributed by atoms with Gasteiger partial charge in [-0.25, -0.2) is 4.79 Å². The molecule has 3 rings (SSSR count). The topological polar surface area (TPSA) is 91.0 Å². The highest BCUT2D eigenvalue weighted by Gasteiger charge is 2.44. The molecule has 0 fully saturated rings. The van der Waals surface area contributed by atoms with Crippen LogP contribution >= 0.6 is 11.6 Å². The average molecular weight is 419 g/mol. The van der Waals surface area contributed by atoms with Gasteiger partial charge >= 0.3 is 6.03 Å². The third-order valence-corrected chi connectivity index (χ3v) is 5.13. The van der Waals surface area contributed by atoms with Crippen LogP contribution in [0.15, 0.2) is 48.2 Å². The Labute approximate surface area is 174 Å². The summed E-state index contributed by atoms with van der Waals surface area (Å²) in [5, 5.41) is 6.01. The van der Waals surface area contributed by atoms with E-state index in [1.165, 1.54) is 9.80 Å². The molecule has 0 aliphatic carbocycles. The van der Waals surface area contributed by atoms with Crippen molar-refractivity contribution in [2.24, 2.45) is 0 Å². The molecule has 0 bridgehead atoms. The molecule has 8 nitrogen and oxygen atoms in total. The monoisotopic (exact) mass is 418 g/mol. The summed E-state index contributed by atoms with van der Waals surface area (Å²) in [6.45, 7) is 4.72. The van der Waals surface area contributed by atoms with Crippen LogP contribution in [0.4, 0.5) is 4.79 Å². The lowest BCUT2D eigenvalue weighted by Crippen LogP contribution is -2.47. The fourth-order valence-corrected chi connectivity index (χ4v) is 3.71. The second kappa shape index (κ2) is 9.11. The number of carbonyl (C=O) groups is 3. The standard InChI is InChI=1S/C20H23ClN4O4/c1-3-9-25-15-11-24(12-16(26)22-8-10-29-2)19(27)17(15)18(23-20(25)28)13-6-4-5-7-14(13)21/h3-7,18H,1,8-12H2,2H3,(H,22,26)(H,23,28). The number of hydrogen-bond acceptors (Lipinski definition) is 4. The Balaban J connectivity index is 1.89. The second-order valence-corrected chi connectivity index (χ2v) is 7.07. The van der Waals surface area contributed by atoms with Gasteiger partial charge in [-0.1, -0.05) is 35.9 Å². The van der Waals surface area contributed by atoms with Gasteiger partial charge in [0, 0.05) is 25.2 Å². The van der Waals surface area contributed by atoms with Gasteiger partial charge in [-0.05, 0) is 11.6 Å². The van der Waals surface area contributed by atoms with E-state index in [1.807, 2.05) is 0 Å². The Morgan fingerprint density at radius 2 is 2.17 bits per heavy atom. The van der Waals surface area contributed by atoms with Gasteiger partial charge in [0.05, 0.1) is 30.5 Å². The summed E-state index contributed by atoms with van der Waals surface area (Å²) >= 11 is 6.33. The van der Waals surface area contributed by atoms with Gasteiger partial charge in [0.1, 0.15) is 6.54 Å². The van der Waals surface area contributed by atoms with E-state index >= 15 is 0 Å². The molecule has 2 N–H and O–H groups in total. The minimum atomic E-state index is -0.679. The van der Waals surface area contributed by atoms with Crippen LogP contribution in [-0.2, 0) is 14.3 Å². The van der Waals surface area contributed by atoms with Crippen molar-refractivity contribution < 1.29 is 19.1 Å². The van der Waals surface area contributed by atoms with Gasteiger partial charge in [-0.15, -0.1) is 6.58 Å². The van der Waals surface area contributed by atoms with Crippen molar-refractivity contribution >= 4 is 29.4 Å². The summed E-state index contributed by atoms with van der Waals surface area (Å²) in [6.07, 6.45) is 1.59. The first-order valence-electron chi connectivity index (χ1n) is 9.19. The van der Waals surface area contributed by atoms with E-state index in [0.29, 0.717) is 35.0 Å². The molecule has 0 saturated carbocycles. The SMILES string of the molecule is C=CCN1C(=O)NC(c2ccccc2Cl)C2=C1CN(CC(=O)NCCOC)C2=O. The van der Waals surface area contributed by atoms with Crippen LogP contribution in [0.5, 0.6) is 0 Å². The molecule has 0 aromatic heterocycles. The number of nitrogens with one attached hydrogen (secondary N) is 2. The molecule has 1 atom stereocenters. The highest BCUT2D eigenvalue weighted by atomic mass is 35.5. The van der Waals surface area contributed by atoms with Crippen molar-refractivity contribution in [3.8, 4) is 0 Å². The molecule has 2 aliphatic rings. The predicted molar refractivity (Wildman–Crippen MR) is 108 cm³/mol. The largest absolute Gasteiger partial charge is 0.383 e. The van der Waals surface area contributed by atoms with E-state index in [4.69, 9.17) is 16.3 Å². The summed E-state index contributed by atoms with van der Waals surface area (Å²) in [7, 11) is 1.54. The molecule has 154 valence electrons. The van der Waals surface area contributed by atoms with E-state index in [1.54, 1.807) is 37.5 Å². The van der Waals surface area contributed by atoms with Crippen molar-refractivity contribution in [3.05, 3.63) is 58.8 Å². The number of methoxy groups -OCH3 is 1. The lowest BCUT2D eigenvalue weighted by Gasteiger charge is -2.33. The zero-order chi connectivity index (χ0) is 21.0. The Kier molecular flexibility index (Phi) is 6.56. The van der Waals surface area contributed by atoms with Crippen LogP contribution in [-0.4, -0.2) is 67.5 Å². The number of rotatable bonds is 8. The minimum Gasteiger partial charge on any atom is -0.383 e. The number of urea groups is 1. The molecule has 29 heavy (non-hydrogen) atoms. The third-order valence-electron chi connectivity index (χ3n) is 4.79. The van der Waals surface area contributed by atoms with Crippen LogP contribution in [0.1, 0.15) is 11.6 Å². The maximum atomic E-state index is 13.2. The molecule has 9 heteroatoms. The van der Waals surface area contributed by atoms with Crippen LogP contribution in [0.2, 0.25) is 5.02 Å². The molecule has 2 heterocycles. The molecule has 0 spiro atoms. The second-order valence-electron chi connectivity index (χ2n) is 6.67. The van der Waals surface area contributed by atoms with Gasteiger partial charge in [-0.2, -0.15) is 0 Å². The summed E-state index contributed by atoms with van der Waals surface area (Å²) < 4.78 is 4.91. The maximum absolute atomic E-state index is 13.2. The number of ether oxygens (including phenoxy) is 1. The maximum Gasteiger partial charge on any atom is 0.322 e. The zero-order valence-corrected chi connectivity index (χ0v) is 16.9. The Hall–Kier alpha value is -2.84. The van der Waals surface area contributed by atoms with Crippen LogP contribution in [0, 0.1) is 0 Å². The predicted octanol–water partition coefficient (Wildman–Crippen LogP) is 1.45. The first-order valence-corrected chi connectivity index (χ1v) is 9.57. The number of nitrogens with zero attached hydrogens (tertiary/aromatic N) is 2. The number of halogens is 1. The lowest BCUT2D eigenvalue weighted by atomic mass is 9.95. The Morgan fingerprint density at radius 1 is 1.41 bits per heavy atom. The number of hydrogen-bond donors (Lipinski definition) is 2. The van der Waals surface area contributed by atoms with Crippen molar-refractivity contribution in [1.82, 2.24) is 20.4 Å². The summed E-state index contributed by atoms with van der Waals surface area (Å²) in [5.41, 5.74) is 1.62.